The van der Waals surface area contributed by atoms with E-state index in [2.05, 4.69) is 4.74 Å². The lowest BCUT2D eigenvalue weighted by Crippen LogP contribution is -2.30. The van der Waals surface area contributed by atoms with Gasteiger partial charge in [-0.15, -0.1) is 0 Å². The van der Waals surface area contributed by atoms with Gasteiger partial charge in [0.15, 0.2) is 5.78 Å². The van der Waals surface area contributed by atoms with Gasteiger partial charge in [0.1, 0.15) is 5.75 Å². The molecular weight excluding hydrogens is 206 g/mol. The number of carbonyl (C=O) groups is 1. The Bertz CT molecular complexity index is 379. The zero-order valence-electron chi connectivity index (χ0n) is 7.65. The molecule has 1 unspecified atom stereocenters. The second-order valence-electron chi connectivity index (χ2n) is 3.07. The van der Waals surface area contributed by atoms with Gasteiger partial charge in [0.2, 0.25) is 6.29 Å². The van der Waals surface area contributed by atoms with Gasteiger partial charge >= 0.3 is 6.61 Å². The normalized spacial score (nSPS) is 19.9. The van der Waals surface area contributed by atoms with E-state index in [9.17, 15) is 13.6 Å². The minimum Gasteiger partial charge on any atom is -0.463 e. The quantitative estimate of drug-likeness (QED) is 0.757. The van der Waals surface area contributed by atoms with Crippen LogP contribution in [0, 0.1) is 0 Å². The number of hydrogen-bond acceptors (Lipinski definition) is 3. The molecule has 5 heteroatoms. The minimum absolute atomic E-state index is 0.179. The van der Waals surface area contributed by atoms with Crippen LogP contribution in [0.15, 0.2) is 24.3 Å². The van der Waals surface area contributed by atoms with E-state index < -0.39 is 12.9 Å². The zero-order chi connectivity index (χ0) is 10.8. The van der Waals surface area contributed by atoms with Crippen molar-refractivity contribution < 1.29 is 23.0 Å². The first-order valence-corrected chi connectivity index (χ1v) is 4.39. The molecule has 1 aromatic carbocycles. The number of hydrogen-bond donors (Lipinski definition) is 0. The number of Topliss-reactive ketones (excluding diaryl/α,β-unsaturated/α-hetero) is 1. The fourth-order valence-electron chi connectivity index (χ4n) is 1.44. The molecule has 0 saturated heterocycles. The van der Waals surface area contributed by atoms with Crippen molar-refractivity contribution in [3.63, 3.8) is 0 Å². The molecule has 0 saturated carbocycles. The molecule has 15 heavy (non-hydrogen) atoms. The monoisotopic (exact) mass is 214 g/mol. The molecule has 1 aromatic rings. The van der Waals surface area contributed by atoms with Gasteiger partial charge in [0.25, 0.3) is 0 Å². The summed E-state index contributed by atoms with van der Waals surface area (Å²) < 4.78 is 33.0. The van der Waals surface area contributed by atoms with E-state index in [1.54, 1.807) is 24.3 Å². The SMILES string of the molecule is O=C1CC(OC(F)F)Oc2ccccc21. The zero-order valence-corrected chi connectivity index (χ0v) is 7.65. The molecule has 0 aliphatic carbocycles. The molecule has 0 fully saturated rings. The molecule has 0 N–H and O–H groups in total. The van der Waals surface area contributed by atoms with E-state index in [1.807, 2.05) is 0 Å². The summed E-state index contributed by atoms with van der Waals surface area (Å²) >= 11 is 0. The van der Waals surface area contributed by atoms with E-state index in [1.165, 1.54) is 0 Å². The van der Waals surface area contributed by atoms with E-state index in [0.717, 1.165) is 0 Å². The highest BCUT2D eigenvalue weighted by atomic mass is 19.3. The fraction of sp³-hybridized carbons (Fsp3) is 0.300. The molecule has 1 atom stereocenters. The fourth-order valence-corrected chi connectivity index (χ4v) is 1.44. The van der Waals surface area contributed by atoms with Crippen LogP contribution in [0.1, 0.15) is 16.8 Å². The van der Waals surface area contributed by atoms with Crippen LogP contribution < -0.4 is 4.74 Å². The van der Waals surface area contributed by atoms with Gasteiger partial charge in [-0.3, -0.25) is 9.53 Å². The van der Waals surface area contributed by atoms with Crippen molar-refractivity contribution in [2.75, 3.05) is 0 Å². The van der Waals surface area contributed by atoms with Crippen LogP contribution in [0.4, 0.5) is 8.78 Å². The maximum absolute atomic E-state index is 11.9. The van der Waals surface area contributed by atoms with Gasteiger partial charge < -0.3 is 4.74 Å². The van der Waals surface area contributed by atoms with E-state index in [-0.39, 0.29) is 12.2 Å². The van der Waals surface area contributed by atoms with Crippen LogP contribution in [0.25, 0.3) is 0 Å². The number of carbonyl (C=O) groups excluding carboxylic acids is 1. The summed E-state index contributed by atoms with van der Waals surface area (Å²) in [7, 11) is 0. The molecule has 0 aromatic heterocycles. The lowest BCUT2D eigenvalue weighted by atomic mass is 10.0. The predicted molar refractivity (Wildman–Crippen MR) is 46.9 cm³/mol. The molecule has 0 spiro atoms. The van der Waals surface area contributed by atoms with Crippen molar-refractivity contribution in [3.8, 4) is 5.75 Å². The highest BCUT2D eigenvalue weighted by Gasteiger charge is 2.28. The van der Waals surface area contributed by atoms with Crippen LogP contribution >= 0.6 is 0 Å². The summed E-state index contributed by atoms with van der Waals surface area (Å²) in [5.41, 5.74) is 0.409. The first kappa shape index (κ1) is 10.0. The largest absolute Gasteiger partial charge is 0.463 e. The van der Waals surface area contributed by atoms with E-state index in [4.69, 9.17) is 4.74 Å². The van der Waals surface area contributed by atoms with Gasteiger partial charge in [-0.1, -0.05) is 12.1 Å². The summed E-state index contributed by atoms with van der Waals surface area (Å²) in [5, 5.41) is 0. The van der Waals surface area contributed by atoms with Crippen LogP contribution in [0.5, 0.6) is 5.75 Å². The number of alkyl halides is 2. The Morgan fingerprint density at radius 1 is 1.40 bits per heavy atom. The van der Waals surface area contributed by atoms with Crippen LogP contribution in [-0.2, 0) is 4.74 Å². The third kappa shape index (κ3) is 2.12. The maximum Gasteiger partial charge on any atom is 0.348 e. The van der Waals surface area contributed by atoms with Crippen LogP contribution in [0.3, 0.4) is 0 Å². The molecule has 1 heterocycles. The van der Waals surface area contributed by atoms with Gasteiger partial charge in [-0.2, -0.15) is 8.78 Å². The molecule has 0 radical (unpaired) electrons. The first-order valence-electron chi connectivity index (χ1n) is 4.39. The third-order valence-electron chi connectivity index (χ3n) is 2.05. The van der Waals surface area contributed by atoms with Crippen molar-refractivity contribution in [1.29, 1.82) is 0 Å². The standard InChI is InChI=1S/C10H8F2O3/c11-10(12)15-9-5-7(13)6-3-1-2-4-8(6)14-9/h1-4,9-10H,5H2. The Labute approximate surface area is 84.6 Å². The van der Waals surface area contributed by atoms with Gasteiger partial charge in [0, 0.05) is 0 Å². The Kier molecular flexibility index (Phi) is 2.64. The smallest absolute Gasteiger partial charge is 0.348 e. The summed E-state index contributed by atoms with van der Waals surface area (Å²) in [5.74, 6) is 0.0434. The molecule has 3 nitrogen and oxygen atoms in total. The molecule has 1 aliphatic rings. The van der Waals surface area contributed by atoms with E-state index >= 15 is 0 Å². The number of benzene rings is 1. The molecule has 0 bridgehead atoms. The van der Waals surface area contributed by atoms with Crippen molar-refractivity contribution in [2.24, 2.45) is 0 Å². The minimum atomic E-state index is -2.94. The van der Waals surface area contributed by atoms with Crippen LogP contribution in [0.2, 0.25) is 0 Å². The second-order valence-corrected chi connectivity index (χ2v) is 3.07. The van der Waals surface area contributed by atoms with Gasteiger partial charge in [-0.05, 0) is 12.1 Å². The predicted octanol–water partition coefficient (Wildman–Crippen LogP) is 2.22. The Morgan fingerprint density at radius 2 is 2.13 bits per heavy atom. The molecule has 2 rings (SSSR count). The van der Waals surface area contributed by atoms with Crippen molar-refractivity contribution in [1.82, 2.24) is 0 Å². The average molecular weight is 214 g/mol. The number of halogens is 2. The number of ketones is 1. The molecule has 0 amide bonds. The summed E-state index contributed by atoms with van der Waals surface area (Å²) in [6, 6.07) is 6.50. The van der Waals surface area contributed by atoms with Crippen molar-refractivity contribution in [3.05, 3.63) is 29.8 Å². The summed E-state index contributed by atoms with van der Waals surface area (Å²) in [6.45, 7) is -2.94. The lowest BCUT2D eigenvalue weighted by molar-refractivity contribution is -0.216. The third-order valence-corrected chi connectivity index (χ3v) is 2.05. The first-order chi connectivity index (χ1) is 7.16. The van der Waals surface area contributed by atoms with Crippen molar-refractivity contribution in [2.45, 2.75) is 19.3 Å². The number of para-hydroxylation sites is 1. The highest BCUT2D eigenvalue weighted by Crippen LogP contribution is 2.28. The number of fused-ring (bicyclic) bond motifs is 1. The van der Waals surface area contributed by atoms with Gasteiger partial charge in [-0.25, -0.2) is 0 Å². The Morgan fingerprint density at radius 3 is 2.87 bits per heavy atom. The lowest BCUT2D eigenvalue weighted by Gasteiger charge is -2.24. The number of ether oxygens (including phenoxy) is 2. The Hall–Kier alpha value is -1.49. The average Bonchev–Trinajstić information content (AvgIpc) is 2.16. The second kappa shape index (κ2) is 3.94. The highest BCUT2D eigenvalue weighted by molar-refractivity contribution is 5.99. The molecule has 1 aliphatic heterocycles. The maximum atomic E-state index is 11.9. The summed E-state index contributed by atoms with van der Waals surface area (Å²) in [6.07, 6.45) is -1.37. The van der Waals surface area contributed by atoms with Gasteiger partial charge in [0.05, 0.1) is 12.0 Å². The Balaban J connectivity index is 2.19. The molecule has 80 valence electrons. The topological polar surface area (TPSA) is 35.5 Å². The number of rotatable bonds is 2. The summed E-state index contributed by atoms with van der Waals surface area (Å²) in [4.78, 5) is 11.5. The molecular formula is C10H8F2O3. The van der Waals surface area contributed by atoms with Crippen molar-refractivity contribution >= 4 is 5.78 Å². The van der Waals surface area contributed by atoms with E-state index in [0.29, 0.717) is 11.3 Å². The van der Waals surface area contributed by atoms with Crippen LogP contribution in [-0.4, -0.2) is 18.7 Å².